The normalized spacial score (nSPS) is 11.8. The lowest BCUT2D eigenvalue weighted by Crippen LogP contribution is -2.39. The molecular formula is C63H18BF30N3O3. The second-order valence-electron chi connectivity index (χ2n) is 21.2. The molecule has 0 atom stereocenters. The summed E-state index contributed by atoms with van der Waals surface area (Å²) in [5, 5.41) is -7.88. The number of hydrogen-bond acceptors (Lipinski definition) is 3. The van der Waals surface area contributed by atoms with Crippen LogP contribution in [0.3, 0.4) is 0 Å². The lowest BCUT2D eigenvalue weighted by Gasteiger charge is -2.23. The van der Waals surface area contributed by atoms with Gasteiger partial charge < -0.3 is 14.0 Å². The summed E-state index contributed by atoms with van der Waals surface area (Å²) in [6.07, 6.45) is 0. The van der Waals surface area contributed by atoms with Crippen LogP contribution in [-0.2, 0) is 0 Å². The number of benzene rings is 9. The molecule has 0 radical (unpaired) electrons. The van der Waals surface area contributed by atoms with Crippen LogP contribution < -0.4 is 14.0 Å². The van der Waals surface area contributed by atoms with Crippen molar-refractivity contribution in [3.63, 3.8) is 0 Å². The van der Waals surface area contributed by atoms with E-state index in [1.807, 2.05) is 0 Å². The Morgan fingerprint density at radius 1 is 0.220 bits per heavy atom. The van der Waals surface area contributed by atoms with E-state index >= 15 is 119 Å². The molecule has 6 nitrogen and oxygen atoms in total. The van der Waals surface area contributed by atoms with Crippen molar-refractivity contribution in [3.05, 3.63) is 246 Å². The summed E-state index contributed by atoms with van der Waals surface area (Å²) in [5.41, 5.74) is -23.8. The molecule has 0 aliphatic heterocycles. The minimum atomic E-state index is -4.19. The van der Waals surface area contributed by atoms with Crippen LogP contribution in [0.4, 0.5) is 132 Å². The smallest absolute Gasteiger partial charge is 0.475 e. The zero-order chi connectivity index (χ0) is 73.2. The van der Waals surface area contributed by atoms with Gasteiger partial charge in [0, 0.05) is 32.3 Å². The van der Waals surface area contributed by atoms with Gasteiger partial charge in [-0.1, -0.05) is 36.4 Å². The van der Waals surface area contributed by atoms with Crippen LogP contribution >= 0.6 is 0 Å². The van der Waals surface area contributed by atoms with Gasteiger partial charge in [-0.05, 0) is 55.7 Å². The van der Waals surface area contributed by atoms with Crippen molar-refractivity contribution in [2.75, 3.05) is 0 Å². The molecule has 0 aliphatic rings. The fourth-order valence-corrected chi connectivity index (χ4v) is 11.3. The Balaban J connectivity index is 1.34. The van der Waals surface area contributed by atoms with Crippen molar-refractivity contribution in [1.29, 1.82) is 0 Å². The van der Waals surface area contributed by atoms with Gasteiger partial charge in [0.25, 0.3) is 0 Å². The van der Waals surface area contributed by atoms with Crippen molar-refractivity contribution in [2.45, 2.75) is 20.8 Å². The first-order valence-corrected chi connectivity index (χ1v) is 27.0. The molecule has 37 heteroatoms. The predicted molar refractivity (Wildman–Crippen MR) is 287 cm³/mol. The number of hydrogen-bond donors (Lipinski definition) is 0. The molecule has 0 spiro atoms. The van der Waals surface area contributed by atoms with E-state index in [0.29, 0.717) is 36.4 Å². The molecule has 0 N–H and O–H groups in total. The van der Waals surface area contributed by atoms with Crippen LogP contribution in [0.15, 0.2) is 54.6 Å². The fraction of sp³-hybridized carbons (Fsp3) is 0.0476. The maximum absolute atomic E-state index is 16.9. The molecule has 0 amide bonds. The molecule has 100 heavy (non-hydrogen) atoms. The average Bonchev–Trinajstić information content (AvgIpc) is 1.55. The van der Waals surface area contributed by atoms with E-state index in [1.165, 1.54) is 0 Å². The van der Waals surface area contributed by atoms with E-state index < -0.39 is 313 Å². The maximum atomic E-state index is 16.9. The van der Waals surface area contributed by atoms with Crippen LogP contribution in [0.1, 0.15) is 16.7 Å². The Bertz CT molecular complexity index is 4950. The van der Waals surface area contributed by atoms with Gasteiger partial charge in [-0.2, -0.15) is 0 Å². The van der Waals surface area contributed by atoms with E-state index in [0.717, 1.165) is 39.0 Å². The summed E-state index contributed by atoms with van der Waals surface area (Å²) in [6, 6.07) is 5.80. The van der Waals surface area contributed by atoms with Crippen molar-refractivity contribution in [2.24, 2.45) is 0 Å². The first kappa shape index (κ1) is 68.9. The Morgan fingerprint density at radius 2 is 0.380 bits per heavy atom. The Hall–Kier alpha value is -11.0. The molecule has 0 saturated heterocycles. The topological polar surface area (TPSA) is 42.5 Å². The highest BCUT2D eigenvalue weighted by atomic mass is 19.2. The first-order chi connectivity index (χ1) is 47.0. The molecule has 9 aromatic carbocycles. The van der Waals surface area contributed by atoms with Crippen LogP contribution in [-0.4, -0.2) is 21.0 Å². The van der Waals surface area contributed by atoms with Gasteiger partial charge in [0.15, 0.2) is 157 Å². The molecule has 0 fully saturated rings. The van der Waals surface area contributed by atoms with E-state index in [9.17, 15) is 13.2 Å². The highest BCUT2D eigenvalue weighted by molar-refractivity contribution is 6.40. The summed E-state index contributed by atoms with van der Waals surface area (Å²) in [5.74, 6) is -99.5. The van der Waals surface area contributed by atoms with Gasteiger partial charge in [0.2, 0.25) is 34.9 Å². The number of nitrogens with zero attached hydrogens (tertiary/aromatic N) is 3. The molecule has 0 aliphatic carbocycles. The third kappa shape index (κ3) is 9.58. The van der Waals surface area contributed by atoms with E-state index in [-0.39, 0.29) is 0 Å². The molecule has 0 unspecified atom stereocenters. The zero-order valence-corrected chi connectivity index (χ0v) is 48.2. The molecule has 12 rings (SSSR count). The average molecular weight is 1450 g/mol. The van der Waals surface area contributed by atoms with Gasteiger partial charge in [-0.3, -0.25) is 13.7 Å². The molecule has 516 valence electrons. The largest absolute Gasteiger partial charge is 0.867 e. The SMILES string of the molecule is Cc1cccc2c(OB(Oc3c4cccc(C)c4c(-c4c(F)c(F)c(F)c(F)c4F)n3-c3c(F)c(F)c(F)c(F)c3F)Oc3c4cccc(C)c4c(-c4c(F)c(F)c(F)c(F)c4F)n3-c3c(F)c(F)c(F)c(F)c3F)n(-c3c(F)c(F)c(F)c(F)c3F)c(-c3c(F)c(F)c(F)c(F)c3F)c12. The second kappa shape index (κ2) is 24.2. The number of aryl methyl sites for hydroxylation is 3. The lowest BCUT2D eigenvalue weighted by molar-refractivity contribution is 0.287. The van der Waals surface area contributed by atoms with Crippen molar-refractivity contribution in [1.82, 2.24) is 13.7 Å². The van der Waals surface area contributed by atoms with Gasteiger partial charge >= 0.3 is 7.32 Å². The first-order valence-electron chi connectivity index (χ1n) is 27.0. The van der Waals surface area contributed by atoms with Crippen LogP contribution in [0.5, 0.6) is 17.6 Å². The third-order valence-electron chi connectivity index (χ3n) is 15.7. The van der Waals surface area contributed by atoms with Crippen molar-refractivity contribution >= 4 is 39.6 Å². The van der Waals surface area contributed by atoms with E-state index in [1.54, 1.807) is 0 Å². The minimum Gasteiger partial charge on any atom is -0.475 e. The minimum absolute atomic E-state index is 0.446. The highest BCUT2D eigenvalue weighted by Gasteiger charge is 2.46. The Morgan fingerprint density at radius 3 is 0.560 bits per heavy atom. The van der Waals surface area contributed by atoms with Crippen LogP contribution in [0.2, 0.25) is 0 Å². The standard InChI is InChI=1S/C63H18BF30N3O3/c1-13-7-4-10-16-19(13)55(22-25(65)31(71)37(77)32(72)26(22)66)95(58-49(89)43(83)40(80)44(84)50(58)90)61(16)98-64(99-62-17-11-5-8-14(2)20(17)56(23-27(67)33(73)38(78)34(74)28(23)68)96(62)59-51(91)45(85)41(81)46(86)52(59)92)100-63-18-12-6-9-15(3)21(18)57(24-29(69)35(75)39(79)36(76)30(24)70)97(63)60-53(93)47(87)42(82)48(88)54(60)94/h4-12H,1-3H3. The summed E-state index contributed by atoms with van der Waals surface area (Å²) in [6.45, 7) is 2.31. The molecule has 0 bridgehead atoms. The number of aromatic nitrogens is 3. The second-order valence-corrected chi connectivity index (χ2v) is 21.2. The summed E-state index contributed by atoms with van der Waals surface area (Å²) in [7, 11) is -4.19. The molecule has 3 aromatic heterocycles. The molecular weight excluding hydrogens is 1430 g/mol. The monoisotopic (exact) mass is 1450 g/mol. The summed E-state index contributed by atoms with van der Waals surface area (Å²) < 4.78 is 494. The number of halogens is 30. The van der Waals surface area contributed by atoms with E-state index in [2.05, 4.69) is 0 Å². The maximum Gasteiger partial charge on any atom is 0.867 e. The zero-order valence-electron chi connectivity index (χ0n) is 48.2. The lowest BCUT2D eigenvalue weighted by atomic mass is 10.0. The summed E-state index contributed by atoms with van der Waals surface area (Å²) >= 11 is 0. The van der Waals surface area contributed by atoms with Crippen molar-refractivity contribution < 1.29 is 146 Å². The van der Waals surface area contributed by atoms with Gasteiger partial charge in [0.05, 0.1) is 33.8 Å². The molecule has 0 saturated carbocycles. The molecule has 12 aromatic rings. The third-order valence-corrected chi connectivity index (χ3v) is 15.7. The van der Waals surface area contributed by atoms with Crippen LogP contribution in [0, 0.1) is 195 Å². The van der Waals surface area contributed by atoms with Gasteiger partial charge in [-0.25, -0.2) is 132 Å². The van der Waals surface area contributed by atoms with Crippen LogP contribution in [0.25, 0.3) is 83.2 Å². The Kier molecular flexibility index (Phi) is 16.6. The number of rotatable bonds is 12. The Labute approximate surface area is 533 Å². The van der Waals surface area contributed by atoms with Crippen molar-refractivity contribution in [3.8, 4) is 68.5 Å². The number of fused-ring (bicyclic) bond motifs is 3. The quantitative estimate of drug-likeness (QED) is 0.0530. The fourth-order valence-electron chi connectivity index (χ4n) is 11.3. The molecule has 3 heterocycles. The predicted octanol–water partition coefficient (Wildman–Crippen LogP) is 20.1. The highest BCUT2D eigenvalue weighted by Crippen LogP contribution is 2.52. The summed E-state index contributed by atoms with van der Waals surface area (Å²) in [4.78, 5) is 0. The van der Waals surface area contributed by atoms with Gasteiger partial charge in [-0.15, -0.1) is 0 Å². The van der Waals surface area contributed by atoms with Gasteiger partial charge in [0.1, 0.15) is 17.1 Å². The van der Waals surface area contributed by atoms with E-state index in [4.69, 9.17) is 14.0 Å².